The standard InChI is InChI=1S/C19H19N3OS/c1-13-6-5-11-22(12-13)19(23)14-7-4-10-20-17(14)18-21-15-8-2-3-9-16(15)24-18/h2-4,7-10,13H,5-6,11-12H2,1H3. The van der Waals surface area contributed by atoms with Gasteiger partial charge in [-0.05, 0) is 43.0 Å². The van der Waals surface area contributed by atoms with Crippen LogP contribution in [0.5, 0.6) is 0 Å². The van der Waals surface area contributed by atoms with E-state index in [1.165, 1.54) is 6.42 Å². The summed E-state index contributed by atoms with van der Waals surface area (Å²) in [6.45, 7) is 3.86. The van der Waals surface area contributed by atoms with Crippen LogP contribution in [0.4, 0.5) is 0 Å². The first-order valence-corrected chi connectivity index (χ1v) is 9.14. The number of thiazole rings is 1. The number of hydrogen-bond acceptors (Lipinski definition) is 4. The van der Waals surface area contributed by atoms with Crippen molar-refractivity contribution in [1.29, 1.82) is 0 Å². The molecule has 0 saturated carbocycles. The van der Waals surface area contributed by atoms with Crippen molar-refractivity contribution in [3.05, 3.63) is 48.2 Å². The van der Waals surface area contributed by atoms with Crippen molar-refractivity contribution in [3.63, 3.8) is 0 Å². The van der Waals surface area contributed by atoms with Crippen molar-refractivity contribution >= 4 is 27.5 Å². The van der Waals surface area contributed by atoms with E-state index in [2.05, 4.69) is 16.9 Å². The smallest absolute Gasteiger partial charge is 0.256 e. The van der Waals surface area contributed by atoms with Crippen LogP contribution < -0.4 is 0 Å². The molecule has 1 saturated heterocycles. The lowest BCUT2D eigenvalue weighted by atomic mass is 9.99. The van der Waals surface area contributed by atoms with Gasteiger partial charge in [0, 0.05) is 19.3 Å². The van der Waals surface area contributed by atoms with Crippen LogP contribution in [0.2, 0.25) is 0 Å². The van der Waals surface area contributed by atoms with Crippen LogP contribution in [0.25, 0.3) is 20.9 Å². The SMILES string of the molecule is CC1CCCN(C(=O)c2cccnc2-c2nc3ccccc3s2)C1. The van der Waals surface area contributed by atoms with Gasteiger partial charge in [0.25, 0.3) is 5.91 Å². The number of carbonyl (C=O) groups excluding carboxylic acids is 1. The number of amides is 1. The molecule has 4 nitrogen and oxygen atoms in total. The molecule has 1 aliphatic heterocycles. The molecule has 1 atom stereocenters. The molecule has 5 heteroatoms. The molecule has 1 unspecified atom stereocenters. The van der Waals surface area contributed by atoms with Crippen LogP contribution in [0.15, 0.2) is 42.6 Å². The zero-order valence-electron chi connectivity index (χ0n) is 13.6. The molecular weight excluding hydrogens is 318 g/mol. The van der Waals surface area contributed by atoms with Crippen molar-refractivity contribution in [2.24, 2.45) is 5.92 Å². The van der Waals surface area contributed by atoms with E-state index in [1.807, 2.05) is 41.3 Å². The van der Waals surface area contributed by atoms with Gasteiger partial charge in [-0.1, -0.05) is 19.1 Å². The van der Waals surface area contributed by atoms with E-state index in [4.69, 9.17) is 0 Å². The lowest BCUT2D eigenvalue weighted by molar-refractivity contribution is 0.0683. The number of carbonyl (C=O) groups is 1. The van der Waals surface area contributed by atoms with E-state index in [1.54, 1.807) is 17.5 Å². The van der Waals surface area contributed by atoms with Crippen molar-refractivity contribution in [3.8, 4) is 10.7 Å². The highest BCUT2D eigenvalue weighted by atomic mass is 32.1. The van der Waals surface area contributed by atoms with Crippen LogP contribution in [0.3, 0.4) is 0 Å². The fourth-order valence-electron chi connectivity index (χ4n) is 3.27. The van der Waals surface area contributed by atoms with E-state index >= 15 is 0 Å². The maximum atomic E-state index is 13.0. The van der Waals surface area contributed by atoms with Gasteiger partial charge in [0.05, 0.1) is 15.8 Å². The van der Waals surface area contributed by atoms with Crippen LogP contribution in [0.1, 0.15) is 30.1 Å². The number of fused-ring (bicyclic) bond motifs is 1. The predicted octanol–water partition coefficient (Wildman–Crippen LogP) is 4.23. The average molecular weight is 337 g/mol. The zero-order chi connectivity index (χ0) is 16.5. The molecule has 0 bridgehead atoms. The van der Waals surface area contributed by atoms with Gasteiger partial charge in [-0.2, -0.15) is 0 Å². The highest BCUT2D eigenvalue weighted by Gasteiger charge is 2.25. The highest BCUT2D eigenvalue weighted by molar-refractivity contribution is 7.21. The Balaban J connectivity index is 1.73. The number of hydrogen-bond donors (Lipinski definition) is 0. The Bertz CT molecular complexity index is 856. The first-order chi connectivity index (χ1) is 11.7. The Labute approximate surface area is 145 Å². The topological polar surface area (TPSA) is 46.1 Å². The van der Waals surface area contributed by atoms with E-state index in [9.17, 15) is 4.79 Å². The maximum Gasteiger partial charge on any atom is 0.256 e. The molecule has 1 fully saturated rings. The van der Waals surface area contributed by atoms with Crippen molar-refractivity contribution in [1.82, 2.24) is 14.9 Å². The second kappa shape index (κ2) is 6.32. The molecule has 2 aromatic heterocycles. The minimum absolute atomic E-state index is 0.0731. The molecule has 0 aliphatic carbocycles. The molecule has 0 N–H and O–H groups in total. The van der Waals surface area contributed by atoms with Crippen LogP contribution >= 0.6 is 11.3 Å². The molecule has 0 spiro atoms. The Kier molecular flexibility index (Phi) is 4.02. The van der Waals surface area contributed by atoms with Crippen LogP contribution in [-0.4, -0.2) is 33.9 Å². The Hall–Kier alpha value is -2.27. The Morgan fingerprint density at radius 3 is 2.96 bits per heavy atom. The second-order valence-electron chi connectivity index (χ2n) is 6.38. The number of para-hydroxylation sites is 1. The normalized spacial score (nSPS) is 18.0. The van der Waals surface area contributed by atoms with Crippen molar-refractivity contribution < 1.29 is 4.79 Å². The quantitative estimate of drug-likeness (QED) is 0.703. The Morgan fingerprint density at radius 2 is 2.12 bits per heavy atom. The molecule has 1 aromatic carbocycles. The van der Waals surface area contributed by atoms with E-state index < -0.39 is 0 Å². The third-order valence-electron chi connectivity index (χ3n) is 4.48. The summed E-state index contributed by atoms with van der Waals surface area (Å²) in [7, 11) is 0. The van der Waals surface area contributed by atoms with E-state index in [0.717, 1.165) is 34.7 Å². The summed E-state index contributed by atoms with van der Waals surface area (Å²) in [4.78, 5) is 24.1. The number of likely N-dealkylation sites (tertiary alicyclic amines) is 1. The molecule has 24 heavy (non-hydrogen) atoms. The highest BCUT2D eigenvalue weighted by Crippen LogP contribution is 2.31. The molecule has 0 radical (unpaired) electrons. The summed E-state index contributed by atoms with van der Waals surface area (Å²) < 4.78 is 1.11. The molecule has 1 amide bonds. The zero-order valence-corrected chi connectivity index (χ0v) is 14.4. The van der Waals surface area contributed by atoms with Gasteiger partial charge in [0.1, 0.15) is 10.7 Å². The molecule has 3 heterocycles. The summed E-state index contributed by atoms with van der Waals surface area (Å²) in [5, 5.41) is 0.810. The van der Waals surface area contributed by atoms with E-state index in [0.29, 0.717) is 17.2 Å². The largest absolute Gasteiger partial charge is 0.338 e. The number of nitrogens with zero attached hydrogens (tertiary/aromatic N) is 3. The van der Waals surface area contributed by atoms with Crippen LogP contribution in [-0.2, 0) is 0 Å². The third kappa shape index (κ3) is 2.80. The molecule has 3 aromatic rings. The number of benzene rings is 1. The third-order valence-corrected chi connectivity index (χ3v) is 5.52. The van der Waals surface area contributed by atoms with Gasteiger partial charge in [0.2, 0.25) is 0 Å². The van der Waals surface area contributed by atoms with E-state index in [-0.39, 0.29) is 5.91 Å². The summed E-state index contributed by atoms with van der Waals surface area (Å²) in [6, 6.07) is 11.7. The monoisotopic (exact) mass is 337 g/mol. The van der Waals surface area contributed by atoms with Gasteiger partial charge < -0.3 is 4.90 Å². The van der Waals surface area contributed by atoms with Gasteiger partial charge in [-0.25, -0.2) is 4.98 Å². The molecule has 1 aliphatic rings. The minimum atomic E-state index is 0.0731. The van der Waals surface area contributed by atoms with Gasteiger partial charge in [-0.3, -0.25) is 9.78 Å². The first-order valence-electron chi connectivity index (χ1n) is 8.32. The number of rotatable bonds is 2. The summed E-state index contributed by atoms with van der Waals surface area (Å²) in [6.07, 6.45) is 4.00. The van der Waals surface area contributed by atoms with Crippen LogP contribution in [0, 0.1) is 5.92 Å². The maximum absolute atomic E-state index is 13.0. The molecule has 122 valence electrons. The van der Waals surface area contributed by atoms with Gasteiger partial charge >= 0.3 is 0 Å². The average Bonchev–Trinajstić information content (AvgIpc) is 3.05. The predicted molar refractivity (Wildman–Crippen MR) is 97.2 cm³/mol. The molecular formula is C19H19N3OS. The minimum Gasteiger partial charge on any atom is -0.338 e. The van der Waals surface area contributed by atoms with Gasteiger partial charge in [0.15, 0.2) is 0 Å². The van der Waals surface area contributed by atoms with Crippen molar-refractivity contribution in [2.75, 3.05) is 13.1 Å². The first kappa shape index (κ1) is 15.3. The van der Waals surface area contributed by atoms with Crippen molar-refractivity contribution in [2.45, 2.75) is 19.8 Å². The lowest BCUT2D eigenvalue weighted by Crippen LogP contribution is -2.39. The second-order valence-corrected chi connectivity index (χ2v) is 7.42. The fraction of sp³-hybridized carbons (Fsp3) is 0.316. The lowest BCUT2D eigenvalue weighted by Gasteiger charge is -2.31. The Morgan fingerprint density at radius 1 is 1.25 bits per heavy atom. The summed E-state index contributed by atoms with van der Waals surface area (Å²) in [5.41, 5.74) is 2.31. The molecule has 4 rings (SSSR count). The number of aromatic nitrogens is 2. The number of pyridine rings is 1. The summed E-state index contributed by atoms with van der Waals surface area (Å²) >= 11 is 1.58. The number of piperidine rings is 1. The fourth-order valence-corrected chi connectivity index (χ4v) is 4.24. The summed E-state index contributed by atoms with van der Waals surface area (Å²) in [5.74, 6) is 0.633. The van der Waals surface area contributed by atoms with Gasteiger partial charge in [-0.15, -0.1) is 11.3 Å².